The van der Waals surface area contributed by atoms with E-state index in [4.69, 9.17) is 4.42 Å². The van der Waals surface area contributed by atoms with Gasteiger partial charge in [-0.25, -0.2) is 0 Å². The van der Waals surface area contributed by atoms with Crippen molar-refractivity contribution in [2.24, 2.45) is 0 Å². The van der Waals surface area contributed by atoms with Crippen LogP contribution < -0.4 is 70.5 Å². The van der Waals surface area contributed by atoms with E-state index >= 15 is 0 Å². The molecule has 14 heteroatoms. The molecule has 0 radical (unpaired) electrons. The Bertz CT molecular complexity index is 3530. The van der Waals surface area contributed by atoms with Crippen molar-refractivity contribution in [1.29, 1.82) is 0 Å². The summed E-state index contributed by atoms with van der Waals surface area (Å²) in [6, 6.07) is 50.5. The van der Waals surface area contributed by atoms with E-state index in [0.29, 0.717) is 0 Å². The molecule has 9 aromatic carbocycles. The third kappa shape index (κ3) is 6.73. The summed E-state index contributed by atoms with van der Waals surface area (Å²) < 4.78 is 6.69. The van der Waals surface area contributed by atoms with Crippen LogP contribution in [0.1, 0.15) is 0 Å². The Hall–Kier alpha value is -6.38. The fraction of sp³-hybridized carbons (Fsp3) is 0. The summed E-state index contributed by atoms with van der Waals surface area (Å²) in [6.07, 6.45) is 0. The Morgan fingerprint density at radius 2 is 0.682 bits per heavy atom. The molecular weight excluding hydrogens is 784 g/mol. The van der Waals surface area contributed by atoms with Crippen LogP contribution in [0.5, 0.6) is 0 Å². The zero-order valence-corrected chi connectivity index (χ0v) is 40.6. The van der Waals surface area contributed by atoms with Gasteiger partial charge in [-0.15, -0.1) is 0 Å². The zero-order chi connectivity index (χ0) is 46.3. The van der Waals surface area contributed by atoms with Crippen LogP contribution in [-0.4, -0.2) is 94.2 Å². The van der Waals surface area contributed by atoms with Crippen LogP contribution in [0.2, 0.25) is 0 Å². The summed E-state index contributed by atoms with van der Waals surface area (Å²) in [5.74, 6) is 0. The topological polar surface area (TPSA) is 16.4 Å². The molecule has 0 spiro atoms. The maximum absolute atomic E-state index is 6.69. The van der Waals surface area contributed by atoms with Crippen molar-refractivity contribution in [2.45, 2.75) is 0 Å². The lowest BCUT2D eigenvalue weighted by molar-refractivity contribution is 0.670. The SMILES string of the molecule is Bc1c(B)c(N(c2c(B)c(B)c(-c3ccc(-c4cccc5ccccc45)cc3)c(B)c2B)c2c(B)c(B)c(-c3cccc4c3oc3ccccc34)c(B)c2B)c(B)c(B)c1-c1ccccc1. The Balaban J connectivity index is 1.21. The summed E-state index contributed by atoms with van der Waals surface area (Å²) in [6.45, 7) is 0. The first-order valence-electron chi connectivity index (χ1n) is 23.5. The molecule has 10 aromatic rings. The molecule has 0 saturated heterocycles. The molecular formula is C52H47B12NO. The fourth-order valence-corrected chi connectivity index (χ4v) is 11.3. The molecule has 1 heterocycles. The van der Waals surface area contributed by atoms with Gasteiger partial charge >= 0.3 is 0 Å². The van der Waals surface area contributed by atoms with Gasteiger partial charge in [0.2, 0.25) is 0 Å². The van der Waals surface area contributed by atoms with Gasteiger partial charge in [-0.2, -0.15) is 0 Å². The molecule has 0 amide bonds. The maximum Gasteiger partial charge on any atom is 0.143 e. The molecule has 10 rings (SSSR count). The number of benzene rings is 9. The van der Waals surface area contributed by atoms with Crippen LogP contribution in [-0.2, 0) is 0 Å². The van der Waals surface area contributed by atoms with Gasteiger partial charge in [-0.1, -0.05) is 199 Å². The number of furan rings is 1. The highest BCUT2D eigenvalue weighted by atomic mass is 16.3. The van der Waals surface area contributed by atoms with Crippen molar-refractivity contribution in [3.63, 3.8) is 0 Å². The van der Waals surface area contributed by atoms with Crippen molar-refractivity contribution in [3.05, 3.63) is 140 Å². The third-order valence-corrected chi connectivity index (χ3v) is 15.4. The monoisotopic (exact) mass is 833 g/mol. The fourth-order valence-electron chi connectivity index (χ4n) is 11.3. The van der Waals surface area contributed by atoms with Crippen LogP contribution in [0.25, 0.3) is 77.2 Å². The predicted octanol–water partition coefficient (Wildman–Crippen LogP) is -6.02. The van der Waals surface area contributed by atoms with E-state index in [1.807, 2.05) is 0 Å². The molecule has 0 aliphatic heterocycles. The Labute approximate surface area is 400 Å². The van der Waals surface area contributed by atoms with Crippen molar-refractivity contribution >= 4 is 209 Å². The smallest absolute Gasteiger partial charge is 0.143 e. The average molecular weight is 832 g/mol. The first-order valence-corrected chi connectivity index (χ1v) is 23.5. The van der Waals surface area contributed by atoms with Gasteiger partial charge in [0.25, 0.3) is 0 Å². The molecule has 0 unspecified atom stereocenters. The average Bonchev–Trinajstić information content (AvgIpc) is 3.72. The molecule has 2 nitrogen and oxygen atoms in total. The van der Waals surface area contributed by atoms with Gasteiger partial charge in [0.05, 0.1) is 0 Å². The predicted molar refractivity (Wildman–Crippen MR) is 326 cm³/mol. The number of fused-ring (bicyclic) bond motifs is 4. The molecule has 0 N–H and O–H groups in total. The van der Waals surface area contributed by atoms with Crippen molar-refractivity contribution in [3.8, 4) is 44.5 Å². The quantitative estimate of drug-likeness (QED) is 0.149. The minimum Gasteiger partial charge on any atom is -0.455 e. The third-order valence-electron chi connectivity index (χ3n) is 15.4. The van der Waals surface area contributed by atoms with Gasteiger partial charge in [-0.05, 0) is 55.8 Å². The Morgan fingerprint density at radius 3 is 1.24 bits per heavy atom. The van der Waals surface area contributed by atoms with Crippen LogP contribution in [0.4, 0.5) is 17.1 Å². The molecule has 0 saturated carbocycles. The highest BCUT2D eigenvalue weighted by Gasteiger charge is 2.30. The van der Waals surface area contributed by atoms with E-state index in [1.54, 1.807) is 0 Å². The highest BCUT2D eigenvalue weighted by Crippen LogP contribution is 2.36. The lowest BCUT2D eigenvalue weighted by atomic mass is 9.61. The van der Waals surface area contributed by atoms with E-state index in [9.17, 15) is 0 Å². The standard InChI is InChI=1S/C52H47B12NO/c53-37-34(26-11-2-1-3-12-26)38(54)44(60)49(43(37)59)65(51-47(63)41(57)36(42(58)48(51)64)32-18-9-17-31-30-15-6-7-19-33(30)66-52(31)32)50-45(61)39(55)35(40(56)46(50)62)27-22-20-25(21-23-27)29-16-8-13-24-10-4-5-14-28(24)29/h1-23H,53-64H2. The van der Waals surface area contributed by atoms with E-state index in [2.05, 4.69) is 239 Å². The molecule has 302 valence electrons. The van der Waals surface area contributed by atoms with E-state index in [0.717, 1.165) is 27.5 Å². The number of rotatable bonds is 7. The van der Waals surface area contributed by atoms with Crippen molar-refractivity contribution in [1.82, 2.24) is 0 Å². The molecule has 0 fully saturated rings. The Kier molecular flexibility index (Phi) is 11.1. The molecule has 0 aliphatic rings. The second-order valence-corrected chi connectivity index (χ2v) is 18.8. The first kappa shape index (κ1) is 43.5. The first-order chi connectivity index (χ1) is 31.8. The van der Waals surface area contributed by atoms with E-state index < -0.39 is 0 Å². The largest absolute Gasteiger partial charge is 0.455 e. The van der Waals surface area contributed by atoms with E-state index in [1.165, 1.54) is 132 Å². The van der Waals surface area contributed by atoms with Crippen LogP contribution in [0.15, 0.2) is 144 Å². The maximum atomic E-state index is 6.69. The number of hydrogen-bond acceptors (Lipinski definition) is 2. The normalized spacial score (nSPS) is 11.5. The van der Waals surface area contributed by atoms with Gasteiger partial charge in [-0.3, -0.25) is 0 Å². The minimum absolute atomic E-state index is 0.919. The minimum atomic E-state index is 0.919. The molecule has 0 aliphatic carbocycles. The molecule has 66 heavy (non-hydrogen) atoms. The second-order valence-electron chi connectivity index (χ2n) is 18.8. The Morgan fingerprint density at radius 1 is 0.288 bits per heavy atom. The second kappa shape index (κ2) is 16.8. The number of hydrogen-bond donors (Lipinski definition) is 0. The molecule has 0 bridgehead atoms. The van der Waals surface area contributed by atoms with Crippen molar-refractivity contribution in [2.75, 3.05) is 4.90 Å². The lowest BCUT2D eigenvalue weighted by Crippen LogP contribution is -2.54. The van der Waals surface area contributed by atoms with Crippen LogP contribution in [0.3, 0.4) is 0 Å². The lowest BCUT2D eigenvalue weighted by Gasteiger charge is -2.39. The summed E-state index contributed by atoms with van der Waals surface area (Å²) in [5, 5.41) is 4.84. The van der Waals surface area contributed by atoms with Crippen molar-refractivity contribution < 1.29 is 4.42 Å². The zero-order valence-electron chi connectivity index (χ0n) is 40.6. The molecule has 1 aromatic heterocycles. The van der Waals surface area contributed by atoms with Gasteiger partial charge in [0.1, 0.15) is 105 Å². The number of anilines is 3. The van der Waals surface area contributed by atoms with Gasteiger partial charge in [0.15, 0.2) is 0 Å². The van der Waals surface area contributed by atoms with Crippen LogP contribution >= 0.6 is 0 Å². The van der Waals surface area contributed by atoms with E-state index in [-0.39, 0.29) is 0 Å². The highest BCUT2D eigenvalue weighted by molar-refractivity contribution is 6.68. The number of para-hydroxylation sites is 2. The van der Waals surface area contributed by atoms with Gasteiger partial charge < -0.3 is 9.32 Å². The molecule has 0 atom stereocenters. The summed E-state index contributed by atoms with van der Waals surface area (Å²) in [7, 11) is 28.0. The summed E-state index contributed by atoms with van der Waals surface area (Å²) in [5.41, 5.74) is 31.1. The summed E-state index contributed by atoms with van der Waals surface area (Å²) in [4.78, 5) is 2.67. The van der Waals surface area contributed by atoms with Gasteiger partial charge in [0, 0.05) is 33.4 Å². The number of nitrogens with zero attached hydrogens (tertiary/aromatic N) is 1. The van der Waals surface area contributed by atoms with Crippen LogP contribution in [0, 0.1) is 0 Å². The summed E-state index contributed by atoms with van der Waals surface area (Å²) >= 11 is 0.